The fourth-order valence-corrected chi connectivity index (χ4v) is 3.95. The van der Waals surface area contributed by atoms with Crippen molar-refractivity contribution in [1.29, 1.82) is 0 Å². The molecule has 0 atom stereocenters. The van der Waals surface area contributed by atoms with Gasteiger partial charge in [0.05, 0.1) is 0 Å². The van der Waals surface area contributed by atoms with E-state index in [2.05, 4.69) is 4.98 Å². The summed E-state index contributed by atoms with van der Waals surface area (Å²) in [6.07, 6.45) is 0.156. The van der Waals surface area contributed by atoms with Crippen molar-refractivity contribution in [3.8, 4) is 28.1 Å². The van der Waals surface area contributed by atoms with E-state index in [1.165, 1.54) is 0 Å². The molecule has 3 rings (SSSR count). The number of benzene rings is 2. The minimum atomic E-state index is -4.00. The fraction of sp³-hybridized carbons (Fsp3) is 0.238. The number of rotatable bonds is 9. The zero-order valence-electron chi connectivity index (χ0n) is 19.1. The lowest BCUT2D eigenvalue weighted by Crippen LogP contribution is -2.61. The number of phenolic OH excluding ortho intramolecular Hbond substituents is 4. The van der Waals surface area contributed by atoms with Gasteiger partial charge in [0, 0.05) is 6.54 Å². The maximum Gasteiger partial charge on any atom is 0.294 e. The van der Waals surface area contributed by atoms with E-state index in [1.807, 2.05) is 5.32 Å². The molecule has 1 heterocycles. The second kappa shape index (κ2) is 10.1. The van der Waals surface area contributed by atoms with Crippen LogP contribution in [0.1, 0.15) is 16.8 Å². The highest BCUT2D eigenvalue weighted by molar-refractivity contribution is 7.17. The van der Waals surface area contributed by atoms with Gasteiger partial charge >= 0.3 is 0 Å². The van der Waals surface area contributed by atoms with Crippen molar-refractivity contribution < 1.29 is 61.0 Å². The van der Waals surface area contributed by atoms with Crippen LogP contribution in [0.2, 0.25) is 0 Å². The molecule has 15 N–H and O–H groups in total. The molecule has 0 unspecified atom stereocenters. The van der Waals surface area contributed by atoms with Gasteiger partial charge < -0.3 is 67.2 Å². The molecule has 206 valence electrons. The molecule has 0 bridgehead atoms. The maximum atomic E-state index is 12.4. The van der Waals surface area contributed by atoms with Crippen LogP contribution in [0.5, 0.6) is 28.1 Å². The monoisotopic (exact) mass is 556 g/mol. The molecular weight excluding hydrogens is 532 g/mol. The molecule has 0 saturated carbocycles. The van der Waals surface area contributed by atoms with E-state index in [1.54, 1.807) is 35.6 Å². The van der Waals surface area contributed by atoms with Crippen molar-refractivity contribution in [2.45, 2.75) is 23.9 Å². The van der Waals surface area contributed by atoms with Gasteiger partial charge in [0.2, 0.25) is 5.06 Å². The number of hydrogen-bond acceptors (Lipinski definition) is 16. The molecule has 0 aliphatic carbocycles. The van der Waals surface area contributed by atoms with E-state index in [0.717, 1.165) is 5.56 Å². The number of carbonyl (C=O) groups excluding carboxylic acids is 1. The van der Waals surface area contributed by atoms with Crippen LogP contribution in [0, 0.1) is 0 Å². The summed E-state index contributed by atoms with van der Waals surface area (Å²) in [6, 6.07) is 8.54. The highest BCUT2D eigenvalue weighted by atomic mass is 32.1. The number of aromatic nitrogens is 1. The van der Waals surface area contributed by atoms with Crippen LogP contribution in [0.25, 0.3) is 0 Å². The first-order valence-electron chi connectivity index (χ1n) is 10.4. The molecule has 1 aromatic heterocycles. The van der Waals surface area contributed by atoms with Crippen molar-refractivity contribution in [3.05, 3.63) is 47.2 Å². The third-order valence-electron chi connectivity index (χ3n) is 5.37. The first-order chi connectivity index (χ1) is 17.5. The standard InChI is InChI=1S/C21H24N4O12S/c22-18-25-15(16(30)38-18)19(32,33)17(31)24-10-13(28)11(26)9(12(27)14(10)29)20(34,35)21(36,37)23-7-6-8-4-2-1-3-5-8/h1-5,23,26-30,32-37H,6-7H2,(H2,22,25)(H,24,31). The molecule has 17 heteroatoms. The summed E-state index contributed by atoms with van der Waals surface area (Å²) in [7, 11) is 0. The Hall–Kier alpha value is -3.94. The second-order valence-electron chi connectivity index (χ2n) is 7.98. The number of nitrogens with one attached hydrogen (secondary N) is 2. The summed E-state index contributed by atoms with van der Waals surface area (Å²) in [5, 5.41) is 115. The fourth-order valence-electron chi connectivity index (χ4n) is 3.33. The minimum absolute atomic E-state index is 0.156. The minimum Gasteiger partial charge on any atom is -0.504 e. The molecule has 0 aliphatic rings. The number of phenols is 4. The van der Waals surface area contributed by atoms with Crippen LogP contribution in [-0.4, -0.2) is 79.5 Å². The van der Waals surface area contributed by atoms with Crippen LogP contribution in [0.3, 0.4) is 0 Å². The highest BCUT2D eigenvalue weighted by Crippen LogP contribution is 2.54. The van der Waals surface area contributed by atoms with Crippen LogP contribution in [-0.2, 0) is 22.8 Å². The van der Waals surface area contributed by atoms with Gasteiger partial charge in [0.15, 0.2) is 33.8 Å². The van der Waals surface area contributed by atoms with Gasteiger partial charge in [-0.3, -0.25) is 10.1 Å². The van der Waals surface area contributed by atoms with E-state index in [0.29, 0.717) is 11.3 Å². The lowest BCUT2D eigenvalue weighted by Gasteiger charge is -2.36. The smallest absolute Gasteiger partial charge is 0.294 e. The zero-order valence-corrected chi connectivity index (χ0v) is 19.9. The first kappa shape index (κ1) is 28.6. The summed E-state index contributed by atoms with van der Waals surface area (Å²) in [6.45, 7) is -0.281. The van der Waals surface area contributed by atoms with Gasteiger partial charge in [0.1, 0.15) is 11.3 Å². The number of amides is 1. The van der Waals surface area contributed by atoms with Crippen LogP contribution in [0.15, 0.2) is 30.3 Å². The summed E-state index contributed by atoms with van der Waals surface area (Å²) < 4.78 is 0. The van der Waals surface area contributed by atoms with E-state index < -0.39 is 68.4 Å². The summed E-state index contributed by atoms with van der Waals surface area (Å²) >= 11 is 0.377. The van der Waals surface area contributed by atoms with E-state index in [-0.39, 0.29) is 18.1 Å². The predicted molar refractivity (Wildman–Crippen MR) is 127 cm³/mol. The molecule has 38 heavy (non-hydrogen) atoms. The molecule has 16 nitrogen and oxygen atoms in total. The van der Waals surface area contributed by atoms with Crippen LogP contribution in [0.4, 0.5) is 10.8 Å². The van der Waals surface area contributed by atoms with E-state index in [4.69, 9.17) is 5.73 Å². The summed E-state index contributed by atoms with van der Waals surface area (Å²) in [4.78, 5) is 15.8. The second-order valence-corrected chi connectivity index (χ2v) is 8.99. The molecular formula is C21H24N4O12S. The molecule has 1 amide bonds. The van der Waals surface area contributed by atoms with Crippen LogP contribution < -0.4 is 16.4 Å². The Morgan fingerprint density at radius 3 is 1.95 bits per heavy atom. The normalized spacial score (nSPS) is 12.5. The number of thiazole rings is 1. The third kappa shape index (κ3) is 5.08. The zero-order chi connectivity index (χ0) is 28.6. The van der Waals surface area contributed by atoms with E-state index >= 15 is 0 Å². The maximum absolute atomic E-state index is 12.4. The first-order valence-corrected chi connectivity index (χ1v) is 11.2. The molecule has 0 saturated heterocycles. The Morgan fingerprint density at radius 2 is 1.45 bits per heavy atom. The molecule has 2 aromatic carbocycles. The number of carbonyl (C=O) groups is 1. The molecule has 0 radical (unpaired) electrons. The van der Waals surface area contributed by atoms with Crippen molar-refractivity contribution in [2.24, 2.45) is 0 Å². The summed E-state index contributed by atoms with van der Waals surface area (Å²) in [5.41, 5.74) is 2.13. The van der Waals surface area contributed by atoms with Gasteiger partial charge in [-0.15, -0.1) is 0 Å². The van der Waals surface area contributed by atoms with Gasteiger partial charge in [-0.2, -0.15) is 0 Å². The lowest BCUT2D eigenvalue weighted by atomic mass is 9.97. The van der Waals surface area contributed by atoms with Gasteiger partial charge in [-0.1, -0.05) is 41.7 Å². The Morgan fingerprint density at radius 1 is 0.895 bits per heavy atom. The van der Waals surface area contributed by atoms with Crippen molar-refractivity contribution in [1.82, 2.24) is 10.3 Å². The number of aromatic hydroxyl groups is 5. The number of aliphatic hydroxyl groups is 6. The number of nitrogens with zero attached hydrogens (tertiary/aromatic N) is 1. The lowest BCUT2D eigenvalue weighted by molar-refractivity contribution is -0.379. The molecule has 0 aliphatic heterocycles. The molecule has 0 fully saturated rings. The van der Waals surface area contributed by atoms with Gasteiger partial charge in [-0.25, -0.2) is 4.98 Å². The molecule has 3 aromatic rings. The topological polar surface area (TPSA) is 303 Å². The Bertz CT molecular complexity index is 1310. The number of nitrogen functional groups attached to an aromatic ring is 1. The molecule has 0 spiro atoms. The quantitative estimate of drug-likeness (QED) is 0.0744. The Labute approximate surface area is 216 Å². The third-order valence-corrected chi connectivity index (χ3v) is 6.06. The average molecular weight is 557 g/mol. The van der Waals surface area contributed by atoms with E-state index in [9.17, 15) is 61.0 Å². The van der Waals surface area contributed by atoms with Gasteiger partial charge in [0.25, 0.3) is 23.4 Å². The average Bonchev–Trinajstić information content (AvgIpc) is 3.19. The van der Waals surface area contributed by atoms with Gasteiger partial charge in [-0.05, 0) is 12.0 Å². The highest BCUT2D eigenvalue weighted by Gasteiger charge is 2.54. The SMILES string of the molecule is Nc1nc(C(O)(O)C(=O)Nc2c(O)c(O)c(C(O)(O)C(O)(O)NCCc3ccccc3)c(O)c2O)c(O)s1. The van der Waals surface area contributed by atoms with Crippen molar-refractivity contribution >= 4 is 28.1 Å². The number of anilines is 2. The number of nitrogens with two attached hydrogens (primary N) is 1. The Balaban J connectivity index is 1.92. The predicted octanol–water partition coefficient (Wildman–Crippen LogP) is -2.36. The largest absolute Gasteiger partial charge is 0.504 e. The van der Waals surface area contributed by atoms with Crippen LogP contribution >= 0.6 is 11.3 Å². The number of hydrogen-bond donors (Lipinski definition) is 14. The van der Waals surface area contributed by atoms with Crippen molar-refractivity contribution in [2.75, 3.05) is 17.6 Å². The van der Waals surface area contributed by atoms with Crippen molar-refractivity contribution in [3.63, 3.8) is 0 Å². The summed E-state index contributed by atoms with van der Waals surface area (Å²) in [5.74, 6) is -19.7. The Kier molecular flexibility index (Phi) is 7.59.